The van der Waals surface area contributed by atoms with Gasteiger partial charge in [0.1, 0.15) is 0 Å². The van der Waals surface area contributed by atoms with Crippen LogP contribution in [0.3, 0.4) is 0 Å². The predicted octanol–water partition coefficient (Wildman–Crippen LogP) is 1.05. The fourth-order valence-electron chi connectivity index (χ4n) is 1.81. The minimum atomic E-state index is -0.0138. The molecule has 0 aliphatic carbocycles. The summed E-state index contributed by atoms with van der Waals surface area (Å²) in [5, 5.41) is 0. The Kier molecular flexibility index (Phi) is 7.06. The van der Waals surface area contributed by atoms with Crippen molar-refractivity contribution in [1.29, 1.82) is 0 Å². The molecule has 4 nitrogen and oxygen atoms in total. The van der Waals surface area contributed by atoms with E-state index in [9.17, 15) is 4.79 Å². The maximum absolute atomic E-state index is 11.6. The number of amides is 1. The molecule has 0 atom stereocenters. The first kappa shape index (κ1) is 14.7. The van der Waals surface area contributed by atoms with Gasteiger partial charge in [0.05, 0.1) is 13.2 Å². The molecule has 0 unspecified atom stereocenters. The fourth-order valence-corrected chi connectivity index (χ4v) is 1.81. The number of hydrogen-bond donors (Lipinski definition) is 1. The van der Waals surface area contributed by atoms with Crippen molar-refractivity contribution in [3.05, 3.63) is 35.9 Å². The minimum absolute atomic E-state index is 0.0138. The van der Waals surface area contributed by atoms with Gasteiger partial charge in [-0.05, 0) is 18.4 Å². The normalized spacial score (nSPS) is 10.3. The Balaban J connectivity index is 2.35. The summed E-state index contributed by atoms with van der Waals surface area (Å²) < 4.78 is 5.00. The lowest BCUT2D eigenvalue weighted by Gasteiger charge is -2.21. The molecule has 1 aromatic carbocycles. The first-order valence-electron chi connectivity index (χ1n) is 6.28. The monoisotopic (exact) mass is 250 g/mol. The molecule has 0 aromatic heterocycles. The fraction of sp³-hybridized carbons (Fsp3) is 0.500. The number of benzene rings is 1. The molecule has 100 valence electrons. The second-order valence-electron chi connectivity index (χ2n) is 4.17. The second-order valence-corrected chi connectivity index (χ2v) is 4.17. The molecule has 0 spiro atoms. The molecular weight excluding hydrogens is 228 g/mol. The molecule has 0 radical (unpaired) electrons. The number of hydrogen-bond acceptors (Lipinski definition) is 3. The van der Waals surface area contributed by atoms with E-state index in [0.29, 0.717) is 13.2 Å². The van der Waals surface area contributed by atoms with Gasteiger partial charge in [0, 0.05) is 20.2 Å². The summed E-state index contributed by atoms with van der Waals surface area (Å²) in [7, 11) is 1.63. The van der Waals surface area contributed by atoms with Crippen molar-refractivity contribution in [1.82, 2.24) is 4.90 Å². The van der Waals surface area contributed by atoms with Crippen LogP contribution in [0.5, 0.6) is 0 Å². The van der Waals surface area contributed by atoms with Crippen molar-refractivity contribution in [2.75, 3.05) is 33.4 Å². The molecule has 0 bridgehead atoms. The van der Waals surface area contributed by atoms with E-state index in [4.69, 9.17) is 10.5 Å². The molecular formula is C14H22N2O2. The molecule has 0 heterocycles. The van der Waals surface area contributed by atoms with Gasteiger partial charge in [0.25, 0.3) is 0 Å². The number of carbonyl (C=O) groups is 1. The Hall–Kier alpha value is -1.39. The van der Waals surface area contributed by atoms with E-state index in [-0.39, 0.29) is 12.5 Å². The molecule has 2 N–H and O–H groups in total. The van der Waals surface area contributed by atoms with E-state index in [1.165, 1.54) is 5.56 Å². The van der Waals surface area contributed by atoms with Gasteiger partial charge in [-0.2, -0.15) is 0 Å². The second kappa shape index (κ2) is 8.66. The first-order chi connectivity index (χ1) is 8.77. The predicted molar refractivity (Wildman–Crippen MR) is 72.3 cm³/mol. The lowest BCUT2D eigenvalue weighted by atomic mass is 10.1. The molecule has 4 heteroatoms. The van der Waals surface area contributed by atoms with Crippen molar-refractivity contribution in [2.45, 2.75) is 12.8 Å². The zero-order valence-corrected chi connectivity index (χ0v) is 11.0. The van der Waals surface area contributed by atoms with Gasteiger partial charge in [-0.3, -0.25) is 4.79 Å². The first-order valence-corrected chi connectivity index (χ1v) is 6.28. The Morgan fingerprint density at radius 3 is 2.61 bits per heavy atom. The molecule has 0 aliphatic heterocycles. The number of methoxy groups -OCH3 is 1. The molecule has 1 amide bonds. The SMILES string of the molecule is COCCN(CCCc1ccccc1)C(=O)CN. The van der Waals surface area contributed by atoms with Gasteiger partial charge in [-0.1, -0.05) is 30.3 Å². The summed E-state index contributed by atoms with van der Waals surface area (Å²) in [6.07, 6.45) is 1.92. The van der Waals surface area contributed by atoms with E-state index in [1.54, 1.807) is 12.0 Å². The average Bonchev–Trinajstić information content (AvgIpc) is 2.43. The van der Waals surface area contributed by atoms with Gasteiger partial charge < -0.3 is 15.4 Å². The molecule has 0 aliphatic rings. The van der Waals surface area contributed by atoms with Crippen LogP contribution in [0, 0.1) is 0 Å². The van der Waals surface area contributed by atoms with Gasteiger partial charge in [0.2, 0.25) is 5.91 Å². The lowest BCUT2D eigenvalue weighted by Crippen LogP contribution is -2.39. The van der Waals surface area contributed by atoms with Crippen LogP contribution in [-0.2, 0) is 16.0 Å². The van der Waals surface area contributed by atoms with Crippen LogP contribution in [0.25, 0.3) is 0 Å². The summed E-state index contributed by atoms with van der Waals surface area (Å²) in [5.41, 5.74) is 6.69. The Labute approximate surface area is 109 Å². The topological polar surface area (TPSA) is 55.6 Å². The van der Waals surface area contributed by atoms with Gasteiger partial charge in [0.15, 0.2) is 0 Å². The van der Waals surface area contributed by atoms with Gasteiger partial charge in [-0.25, -0.2) is 0 Å². The van der Waals surface area contributed by atoms with Crippen LogP contribution in [0.4, 0.5) is 0 Å². The van der Waals surface area contributed by atoms with E-state index in [1.807, 2.05) is 18.2 Å². The van der Waals surface area contributed by atoms with E-state index < -0.39 is 0 Å². The number of carbonyl (C=O) groups excluding carboxylic acids is 1. The smallest absolute Gasteiger partial charge is 0.236 e. The third-order valence-electron chi connectivity index (χ3n) is 2.83. The summed E-state index contributed by atoms with van der Waals surface area (Å²) in [6, 6.07) is 10.3. The molecule has 0 saturated heterocycles. The number of ether oxygens (including phenoxy) is 1. The van der Waals surface area contributed by atoms with Crippen molar-refractivity contribution < 1.29 is 9.53 Å². The quantitative estimate of drug-likeness (QED) is 0.750. The largest absolute Gasteiger partial charge is 0.383 e. The number of rotatable bonds is 8. The highest BCUT2D eigenvalue weighted by Crippen LogP contribution is 2.03. The zero-order valence-electron chi connectivity index (χ0n) is 11.0. The average molecular weight is 250 g/mol. The van der Waals surface area contributed by atoms with Crippen molar-refractivity contribution >= 4 is 5.91 Å². The highest BCUT2D eigenvalue weighted by molar-refractivity contribution is 5.77. The Bertz CT molecular complexity index is 341. The van der Waals surface area contributed by atoms with Crippen LogP contribution in [-0.4, -0.2) is 44.2 Å². The van der Waals surface area contributed by atoms with Crippen LogP contribution in [0.1, 0.15) is 12.0 Å². The summed E-state index contributed by atoms with van der Waals surface area (Å²) in [6.45, 7) is 1.96. The number of nitrogens with two attached hydrogens (primary N) is 1. The molecule has 1 rings (SSSR count). The van der Waals surface area contributed by atoms with Gasteiger partial charge >= 0.3 is 0 Å². The van der Waals surface area contributed by atoms with Crippen LogP contribution in [0.15, 0.2) is 30.3 Å². The highest BCUT2D eigenvalue weighted by atomic mass is 16.5. The molecule has 0 saturated carbocycles. The maximum Gasteiger partial charge on any atom is 0.236 e. The van der Waals surface area contributed by atoms with Crippen LogP contribution < -0.4 is 5.73 Å². The van der Waals surface area contributed by atoms with E-state index in [0.717, 1.165) is 19.4 Å². The summed E-state index contributed by atoms with van der Waals surface area (Å²) >= 11 is 0. The van der Waals surface area contributed by atoms with Crippen LogP contribution >= 0.6 is 0 Å². The Morgan fingerprint density at radius 1 is 1.28 bits per heavy atom. The van der Waals surface area contributed by atoms with Crippen molar-refractivity contribution in [3.63, 3.8) is 0 Å². The van der Waals surface area contributed by atoms with E-state index in [2.05, 4.69) is 12.1 Å². The molecule has 0 fully saturated rings. The van der Waals surface area contributed by atoms with Gasteiger partial charge in [-0.15, -0.1) is 0 Å². The number of nitrogens with zero attached hydrogens (tertiary/aromatic N) is 1. The summed E-state index contributed by atoms with van der Waals surface area (Å²) in [5.74, 6) is -0.0138. The third-order valence-corrected chi connectivity index (χ3v) is 2.83. The summed E-state index contributed by atoms with van der Waals surface area (Å²) in [4.78, 5) is 13.4. The van der Waals surface area contributed by atoms with Crippen molar-refractivity contribution in [2.24, 2.45) is 5.73 Å². The minimum Gasteiger partial charge on any atom is -0.383 e. The standard InChI is InChI=1S/C14H22N2O2/c1-18-11-10-16(14(17)12-15)9-5-8-13-6-3-2-4-7-13/h2-4,6-7H,5,8-12,15H2,1H3. The third kappa shape index (κ3) is 5.29. The zero-order chi connectivity index (χ0) is 13.2. The van der Waals surface area contributed by atoms with Crippen LogP contribution in [0.2, 0.25) is 0 Å². The lowest BCUT2D eigenvalue weighted by molar-refractivity contribution is -0.130. The van der Waals surface area contributed by atoms with E-state index >= 15 is 0 Å². The number of aryl methyl sites for hydroxylation is 1. The van der Waals surface area contributed by atoms with Crippen molar-refractivity contribution in [3.8, 4) is 0 Å². The molecule has 1 aromatic rings. The molecule has 18 heavy (non-hydrogen) atoms. The highest BCUT2D eigenvalue weighted by Gasteiger charge is 2.10. The maximum atomic E-state index is 11.6. The Morgan fingerprint density at radius 2 is 2.00 bits per heavy atom.